The van der Waals surface area contributed by atoms with E-state index in [0.717, 1.165) is 36.2 Å². The van der Waals surface area contributed by atoms with E-state index in [1.54, 1.807) is 0 Å². The normalized spacial score (nSPS) is 11.9. The SMILES string of the molecule is CCCOc1ccc(C(C)C=O)cc1OCCC. The maximum atomic E-state index is 10.8. The average molecular weight is 250 g/mol. The molecule has 1 aromatic rings. The van der Waals surface area contributed by atoms with Gasteiger partial charge in [-0.1, -0.05) is 26.8 Å². The maximum Gasteiger partial charge on any atom is 0.161 e. The number of rotatable bonds is 8. The second-order valence-corrected chi connectivity index (χ2v) is 4.33. The number of carbonyl (C=O) groups is 1. The predicted molar refractivity (Wildman–Crippen MR) is 72.5 cm³/mol. The molecule has 0 spiro atoms. The summed E-state index contributed by atoms with van der Waals surface area (Å²) in [4.78, 5) is 10.8. The van der Waals surface area contributed by atoms with Crippen LogP contribution >= 0.6 is 0 Å². The van der Waals surface area contributed by atoms with Gasteiger partial charge in [0.25, 0.3) is 0 Å². The summed E-state index contributed by atoms with van der Waals surface area (Å²) in [5, 5.41) is 0. The Labute approximate surface area is 109 Å². The van der Waals surface area contributed by atoms with Crippen LogP contribution in [0, 0.1) is 0 Å². The van der Waals surface area contributed by atoms with Gasteiger partial charge in [-0.15, -0.1) is 0 Å². The topological polar surface area (TPSA) is 35.5 Å². The second kappa shape index (κ2) is 7.75. The average Bonchev–Trinajstić information content (AvgIpc) is 2.42. The summed E-state index contributed by atoms with van der Waals surface area (Å²) in [7, 11) is 0. The van der Waals surface area contributed by atoms with Crippen molar-refractivity contribution >= 4 is 6.29 Å². The minimum atomic E-state index is -0.116. The van der Waals surface area contributed by atoms with Crippen LogP contribution in [0.5, 0.6) is 11.5 Å². The molecule has 0 saturated heterocycles. The van der Waals surface area contributed by atoms with E-state index in [2.05, 4.69) is 13.8 Å². The van der Waals surface area contributed by atoms with E-state index >= 15 is 0 Å². The molecule has 0 aliphatic carbocycles. The zero-order chi connectivity index (χ0) is 13.4. The van der Waals surface area contributed by atoms with E-state index in [9.17, 15) is 4.79 Å². The summed E-state index contributed by atoms with van der Waals surface area (Å²) < 4.78 is 11.3. The Balaban J connectivity index is 2.91. The summed E-state index contributed by atoms with van der Waals surface area (Å²) in [6, 6.07) is 5.71. The standard InChI is InChI=1S/C15H22O3/c1-4-8-17-14-7-6-13(12(3)11-16)10-15(14)18-9-5-2/h6-7,10-12H,4-5,8-9H2,1-3H3. The zero-order valence-corrected chi connectivity index (χ0v) is 11.4. The van der Waals surface area contributed by atoms with E-state index in [0.29, 0.717) is 13.2 Å². The summed E-state index contributed by atoms with van der Waals surface area (Å²) in [5.74, 6) is 1.37. The Hall–Kier alpha value is -1.51. The first-order chi connectivity index (χ1) is 8.72. The molecule has 0 aliphatic rings. The molecule has 1 rings (SSSR count). The quantitative estimate of drug-likeness (QED) is 0.662. The fourth-order valence-corrected chi connectivity index (χ4v) is 1.54. The van der Waals surface area contributed by atoms with E-state index in [1.807, 2.05) is 25.1 Å². The molecule has 0 heterocycles. The van der Waals surface area contributed by atoms with Crippen LogP contribution in [0.3, 0.4) is 0 Å². The summed E-state index contributed by atoms with van der Waals surface area (Å²) in [6.07, 6.45) is 2.84. The number of aldehydes is 1. The number of ether oxygens (including phenoxy) is 2. The smallest absolute Gasteiger partial charge is 0.161 e. The third kappa shape index (κ3) is 4.06. The highest BCUT2D eigenvalue weighted by Gasteiger charge is 2.10. The van der Waals surface area contributed by atoms with Crippen LogP contribution in [-0.2, 0) is 4.79 Å². The first-order valence-electron chi connectivity index (χ1n) is 6.57. The second-order valence-electron chi connectivity index (χ2n) is 4.33. The first kappa shape index (κ1) is 14.6. The first-order valence-corrected chi connectivity index (χ1v) is 6.57. The molecule has 3 nitrogen and oxygen atoms in total. The monoisotopic (exact) mass is 250 g/mol. The maximum absolute atomic E-state index is 10.8. The van der Waals surface area contributed by atoms with E-state index in [4.69, 9.17) is 9.47 Å². The van der Waals surface area contributed by atoms with Crippen molar-refractivity contribution in [2.45, 2.75) is 39.5 Å². The highest BCUT2D eigenvalue weighted by atomic mass is 16.5. The molecule has 0 amide bonds. The van der Waals surface area contributed by atoms with Crippen LogP contribution in [0.1, 0.15) is 45.1 Å². The molecule has 100 valence electrons. The van der Waals surface area contributed by atoms with Crippen LogP contribution < -0.4 is 9.47 Å². The number of benzene rings is 1. The Morgan fingerprint density at radius 1 is 1.11 bits per heavy atom. The van der Waals surface area contributed by atoms with Gasteiger partial charge in [0.05, 0.1) is 13.2 Å². The van der Waals surface area contributed by atoms with E-state index < -0.39 is 0 Å². The lowest BCUT2D eigenvalue weighted by Gasteiger charge is -2.14. The van der Waals surface area contributed by atoms with Gasteiger partial charge in [-0.05, 0) is 30.5 Å². The Bertz CT molecular complexity index is 374. The third-order valence-corrected chi connectivity index (χ3v) is 2.62. The van der Waals surface area contributed by atoms with Gasteiger partial charge in [-0.25, -0.2) is 0 Å². The molecule has 0 N–H and O–H groups in total. The molecule has 18 heavy (non-hydrogen) atoms. The van der Waals surface area contributed by atoms with E-state index in [1.165, 1.54) is 0 Å². The molecule has 1 aromatic carbocycles. The molecule has 0 fully saturated rings. The highest BCUT2D eigenvalue weighted by molar-refractivity contribution is 5.62. The van der Waals surface area contributed by atoms with Crippen molar-refractivity contribution < 1.29 is 14.3 Å². The lowest BCUT2D eigenvalue weighted by molar-refractivity contribution is -0.108. The molecular weight excluding hydrogens is 228 g/mol. The fourth-order valence-electron chi connectivity index (χ4n) is 1.54. The summed E-state index contributed by atoms with van der Waals surface area (Å²) in [5.41, 5.74) is 0.958. The van der Waals surface area contributed by atoms with Crippen molar-refractivity contribution in [3.8, 4) is 11.5 Å². The van der Waals surface area contributed by atoms with Gasteiger partial charge in [-0.2, -0.15) is 0 Å². The Morgan fingerprint density at radius 3 is 2.28 bits per heavy atom. The third-order valence-electron chi connectivity index (χ3n) is 2.62. The Morgan fingerprint density at radius 2 is 1.72 bits per heavy atom. The predicted octanol–water partition coefficient (Wildman–Crippen LogP) is 3.57. The molecule has 0 radical (unpaired) electrons. The summed E-state index contributed by atoms with van der Waals surface area (Å²) in [6.45, 7) is 7.32. The van der Waals surface area contributed by atoms with Crippen molar-refractivity contribution in [3.63, 3.8) is 0 Å². The van der Waals surface area contributed by atoms with Crippen LogP contribution in [0.4, 0.5) is 0 Å². The molecule has 0 aromatic heterocycles. The lowest BCUT2D eigenvalue weighted by Crippen LogP contribution is -2.03. The molecule has 0 aliphatic heterocycles. The van der Waals surface area contributed by atoms with Gasteiger partial charge >= 0.3 is 0 Å². The van der Waals surface area contributed by atoms with E-state index in [-0.39, 0.29) is 5.92 Å². The number of hydrogen-bond donors (Lipinski definition) is 0. The van der Waals surface area contributed by atoms with Gasteiger partial charge in [-0.3, -0.25) is 0 Å². The van der Waals surface area contributed by atoms with Crippen molar-refractivity contribution in [3.05, 3.63) is 23.8 Å². The van der Waals surface area contributed by atoms with Crippen LogP contribution in [0.25, 0.3) is 0 Å². The number of hydrogen-bond acceptors (Lipinski definition) is 3. The van der Waals surface area contributed by atoms with Gasteiger partial charge in [0.2, 0.25) is 0 Å². The van der Waals surface area contributed by atoms with Crippen molar-refractivity contribution in [2.75, 3.05) is 13.2 Å². The van der Waals surface area contributed by atoms with Crippen LogP contribution in [0.2, 0.25) is 0 Å². The molecule has 0 bridgehead atoms. The van der Waals surface area contributed by atoms with Gasteiger partial charge < -0.3 is 14.3 Å². The number of carbonyl (C=O) groups excluding carboxylic acids is 1. The molecule has 1 atom stereocenters. The minimum Gasteiger partial charge on any atom is -0.490 e. The van der Waals surface area contributed by atoms with Gasteiger partial charge in [0.15, 0.2) is 11.5 Å². The lowest BCUT2D eigenvalue weighted by atomic mass is 10.0. The summed E-state index contributed by atoms with van der Waals surface area (Å²) >= 11 is 0. The molecular formula is C15H22O3. The Kier molecular flexibility index (Phi) is 6.26. The van der Waals surface area contributed by atoms with Gasteiger partial charge in [0, 0.05) is 5.92 Å². The van der Waals surface area contributed by atoms with Crippen molar-refractivity contribution in [1.29, 1.82) is 0 Å². The van der Waals surface area contributed by atoms with Crippen molar-refractivity contribution in [2.24, 2.45) is 0 Å². The minimum absolute atomic E-state index is 0.116. The van der Waals surface area contributed by atoms with Gasteiger partial charge in [0.1, 0.15) is 6.29 Å². The zero-order valence-electron chi connectivity index (χ0n) is 11.4. The fraction of sp³-hybridized carbons (Fsp3) is 0.533. The molecule has 3 heteroatoms. The van der Waals surface area contributed by atoms with Crippen LogP contribution in [-0.4, -0.2) is 19.5 Å². The highest BCUT2D eigenvalue weighted by Crippen LogP contribution is 2.31. The van der Waals surface area contributed by atoms with Crippen LogP contribution in [0.15, 0.2) is 18.2 Å². The van der Waals surface area contributed by atoms with Crippen molar-refractivity contribution in [1.82, 2.24) is 0 Å². The molecule has 1 unspecified atom stereocenters. The largest absolute Gasteiger partial charge is 0.490 e. The molecule has 0 saturated carbocycles.